The highest BCUT2D eigenvalue weighted by Gasteiger charge is 2.06. The third-order valence-corrected chi connectivity index (χ3v) is 3.81. The van der Waals surface area contributed by atoms with Gasteiger partial charge in [-0.2, -0.15) is 0 Å². The molecular formula is C16H13ClN2S. The minimum atomic E-state index is 0.672. The molecule has 0 aliphatic heterocycles. The van der Waals surface area contributed by atoms with Crippen LogP contribution < -0.4 is 0 Å². The molecule has 0 bridgehead atoms. The minimum absolute atomic E-state index is 0.672. The minimum Gasteiger partial charge on any atom is -0.330 e. The fraction of sp³-hybridized carbons (Fsp3) is 0.0625. The molecule has 1 N–H and O–H groups in total. The molecule has 0 radical (unpaired) electrons. The van der Waals surface area contributed by atoms with Gasteiger partial charge in [-0.1, -0.05) is 35.9 Å². The average Bonchev–Trinajstić information content (AvgIpc) is 2.82. The van der Waals surface area contributed by atoms with Gasteiger partial charge in [-0.25, -0.2) is 0 Å². The van der Waals surface area contributed by atoms with Crippen LogP contribution in [0.2, 0.25) is 5.02 Å². The van der Waals surface area contributed by atoms with E-state index >= 15 is 0 Å². The van der Waals surface area contributed by atoms with Gasteiger partial charge in [0, 0.05) is 22.5 Å². The molecule has 0 aliphatic carbocycles. The Morgan fingerprint density at radius 1 is 1.05 bits per heavy atom. The van der Waals surface area contributed by atoms with Crippen LogP contribution in [0, 0.1) is 11.7 Å². The van der Waals surface area contributed by atoms with Crippen molar-refractivity contribution in [1.82, 2.24) is 9.55 Å². The SMILES string of the molecule is Cc1ccccc1-c1cn(-c2ccc(Cl)cc2)c(=S)[nH]1. The number of hydrogen-bond acceptors (Lipinski definition) is 1. The van der Waals surface area contributed by atoms with Crippen molar-refractivity contribution in [3.8, 4) is 16.9 Å². The van der Waals surface area contributed by atoms with Gasteiger partial charge in [0.15, 0.2) is 4.77 Å². The van der Waals surface area contributed by atoms with Gasteiger partial charge in [0.05, 0.1) is 5.69 Å². The van der Waals surface area contributed by atoms with Crippen molar-refractivity contribution in [3.05, 3.63) is 70.1 Å². The Bertz CT molecular complexity index is 800. The van der Waals surface area contributed by atoms with Gasteiger partial charge in [-0.15, -0.1) is 0 Å². The van der Waals surface area contributed by atoms with Crippen LogP contribution >= 0.6 is 23.8 Å². The molecule has 0 atom stereocenters. The number of halogens is 1. The molecule has 1 heterocycles. The first kappa shape index (κ1) is 13.2. The smallest absolute Gasteiger partial charge is 0.182 e. The van der Waals surface area contributed by atoms with Crippen LogP contribution in [0.15, 0.2) is 54.7 Å². The molecule has 0 saturated heterocycles. The third kappa shape index (κ3) is 2.42. The second-order valence-electron chi connectivity index (χ2n) is 4.63. The van der Waals surface area contributed by atoms with E-state index in [4.69, 9.17) is 23.8 Å². The van der Waals surface area contributed by atoms with E-state index in [1.165, 1.54) is 5.56 Å². The van der Waals surface area contributed by atoms with Gasteiger partial charge in [0.1, 0.15) is 0 Å². The summed E-state index contributed by atoms with van der Waals surface area (Å²) >= 11 is 11.3. The number of nitrogens with zero attached hydrogens (tertiary/aromatic N) is 1. The fourth-order valence-electron chi connectivity index (χ4n) is 2.20. The number of hydrogen-bond donors (Lipinski definition) is 1. The van der Waals surface area contributed by atoms with E-state index in [1.54, 1.807) is 0 Å². The number of aromatic amines is 1. The summed E-state index contributed by atoms with van der Waals surface area (Å²) in [5, 5.41) is 0.718. The summed E-state index contributed by atoms with van der Waals surface area (Å²) in [6.45, 7) is 2.09. The first-order valence-electron chi connectivity index (χ1n) is 6.29. The monoisotopic (exact) mass is 300 g/mol. The van der Waals surface area contributed by atoms with Crippen LogP contribution in [0.3, 0.4) is 0 Å². The van der Waals surface area contributed by atoms with Crippen molar-refractivity contribution in [2.75, 3.05) is 0 Å². The largest absolute Gasteiger partial charge is 0.330 e. The van der Waals surface area contributed by atoms with Gasteiger partial charge in [0.2, 0.25) is 0 Å². The Balaban J connectivity index is 2.10. The molecule has 20 heavy (non-hydrogen) atoms. The van der Waals surface area contributed by atoms with Gasteiger partial charge < -0.3 is 4.98 Å². The maximum absolute atomic E-state index is 5.92. The molecule has 0 saturated carbocycles. The summed E-state index contributed by atoms with van der Waals surface area (Å²) in [7, 11) is 0. The number of rotatable bonds is 2. The molecule has 0 unspecified atom stereocenters. The first-order chi connectivity index (χ1) is 9.65. The van der Waals surface area contributed by atoms with E-state index in [1.807, 2.05) is 47.2 Å². The highest BCUT2D eigenvalue weighted by Crippen LogP contribution is 2.23. The predicted molar refractivity (Wildman–Crippen MR) is 86.1 cm³/mol. The van der Waals surface area contributed by atoms with Crippen molar-refractivity contribution in [1.29, 1.82) is 0 Å². The quantitative estimate of drug-likeness (QED) is 0.648. The lowest BCUT2D eigenvalue weighted by atomic mass is 10.1. The van der Waals surface area contributed by atoms with Crippen LogP contribution in [0.1, 0.15) is 5.56 Å². The van der Waals surface area contributed by atoms with Crippen molar-refractivity contribution in [3.63, 3.8) is 0 Å². The molecular weight excluding hydrogens is 288 g/mol. The molecule has 3 rings (SSSR count). The lowest BCUT2D eigenvalue weighted by Crippen LogP contribution is -1.90. The molecule has 0 aliphatic rings. The molecule has 1 aromatic heterocycles. The number of benzene rings is 2. The summed E-state index contributed by atoms with van der Waals surface area (Å²) in [4.78, 5) is 3.26. The molecule has 100 valence electrons. The second-order valence-corrected chi connectivity index (χ2v) is 5.46. The topological polar surface area (TPSA) is 20.7 Å². The Morgan fingerprint density at radius 3 is 2.45 bits per heavy atom. The van der Waals surface area contributed by atoms with Gasteiger partial charge in [-0.05, 0) is 49.0 Å². The van der Waals surface area contributed by atoms with E-state index in [2.05, 4.69) is 24.0 Å². The molecule has 0 spiro atoms. The Kier molecular flexibility index (Phi) is 3.47. The number of nitrogens with one attached hydrogen (secondary N) is 1. The summed E-state index contributed by atoms with van der Waals surface area (Å²) in [5.74, 6) is 0. The highest BCUT2D eigenvalue weighted by atomic mass is 35.5. The van der Waals surface area contributed by atoms with Crippen LogP contribution in [0.25, 0.3) is 16.9 Å². The van der Waals surface area contributed by atoms with Crippen LogP contribution in [-0.2, 0) is 0 Å². The standard InChI is InChI=1S/C16H13ClN2S/c1-11-4-2-3-5-14(11)15-10-19(16(20)18-15)13-8-6-12(17)7-9-13/h2-10H,1H3,(H,18,20). The van der Waals surface area contributed by atoms with Crippen molar-refractivity contribution in [2.45, 2.75) is 6.92 Å². The summed E-state index contributed by atoms with van der Waals surface area (Å²) in [6.07, 6.45) is 2.02. The number of H-pyrrole nitrogens is 1. The number of aromatic nitrogens is 2. The molecule has 0 fully saturated rings. The average molecular weight is 301 g/mol. The van der Waals surface area contributed by atoms with Gasteiger partial charge >= 0.3 is 0 Å². The van der Waals surface area contributed by atoms with Crippen LogP contribution in [0.5, 0.6) is 0 Å². The summed E-state index contributed by atoms with van der Waals surface area (Å²) in [6, 6.07) is 15.9. The normalized spacial score (nSPS) is 10.7. The lowest BCUT2D eigenvalue weighted by Gasteiger charge is -2.03. The third-order valence-electron chi connectivity index (χ3n) is 3.26. The van der Waals surface area contributed by atoms with Crippen LogP contribution in [0.4, 0.5) is 0 Å². The van der Waals surface area contributed by atoms with Crippen molar-refractivity contribution < 1.29 is 0 Å². The molecule has 0 amide bonds. The van der Waals surface area contributed by atoms with Crippen LogP contribution in [-0.4, -0.2) is 9.55 Å². The fourth-order valence-corrected chi connectivity index (χ4v) is 2.59. The zero-order valence-electron chi connectivity index (χ0n) is 10.9. The first-order valence-corrected chi connectivity index (χ1v) is 7.07. The molecule has 2 nitrogen and oxygen atoms in total. The predicted octanol–water partition coefficient (Wildman–Crippen LogP) is 5.16. The summed E-state index contributed by atoms with van der Waals surface area (Å²) < 4.78 is 2.62. The second kappa shape index (κ2) is 5.27. The van der Waals surface area contributed by atoms with Crippen molar-refractivity contribution >= 4 is 23.8 Å². The van der Waals surface area contributed by atoms with E-state index in [0.717, 1.165) is 22.0 Å². The lowest BCUT2D eigenvalue weighted by molar-refractivity contribution is 1.03. The highest BCUT2D eigenvalue weighted by molar-refractivity contribution is 7.71. The van der Waals surface area contributed by atoms with E-state index in [-0.39, 0.29) is 0 Å². The summed E-state index contributed by atoms with van der Waals surface area (Å²) in [5.41, 5.74) is 4.39. The maximum Gasteiger partial charge on any atom is 0.182 e. The molecule has 2 aromatic carbocycles. The maximum atomic E-state index is 5.92. The van der Waals surface area contributed by atoms with E-state index in [0.29, 0.717) is 4.77 Å². The van der Waals surface area contributed by atoms with E-state index < -0.39 is 0 Å². The Hall–Kier alpha value is -1.84. The number of aryl methyl sites for hydroxylation is 1. The van der Waals surface area contributed by atoms with Gasteiger partial charge in [0.25, 0.3) is 0 Å². The Labute approximate surface area is 127 Å². The number of imidazole rings is 1. The van der Waals surface area contributed by atoms with E-state index in [9.17, 15) is 0 Å². The molecule has 3 aromatic rings. The zero-order chi connectivity index (χ0) is 14.1. The van der Waals surface area contributed by atoms with Gasteiger partial charge in [-0.3, -0.25) is 4.57 Å². The molecule has 4 heteroatoms. The zero-order valence-corrected chi connectivity index (χ0v) is 12.5. The van der Waals surface area contributed by atoms with Crippen molar-refractivity contribution in [2.24, 2.45) is 0 Å². The Morgan fingerprint density at radius 2 is 1.75 bits per heavy atom.